The van der Waals surface area contributed by atoms with E-state index in [1.807, 2.05) is 29.7 Å². The van der Waals surface area contributed by atoms with E-state index in [0.29, 0.717) is 46.6 Å². The Hall–Kier alpha value is -4.71. The summed E-state index contributed by atoms with van der Waals surface area (Å²) in [5.41, 5.74) is 2.91. The molecule has 4 aromatic rings. The van der Waals surface area contributed by atoms with Crippen molar-refractivity contribution in [3.8, 4) is 11.5 Å². The van der Waals surface area contributed by atoms with Gasteiger partial charge in [-0.1, -0.05) is 37.3 Å². The van der Waals surface area contributed by atoms with Gasteiger partial charge < -0.3 is 23.7 Å². The summed E-state index contributed by atoms with van der Waals surface area (Å²) in [5.74, 6) is -1.47. The predicted molar refractivity (Wildman–Crippen MR) is 170 cm³/mol. The molecule has 3 aromatic heterocycles. The molecule has 12 heteroatoms. The number of methoxy groups -OCH3 is 1. The number of aliphatic hydroxyl groups is 1. The molecule has 4 heterocycles. The Balaban J connectivity index is 1.70. The van der Waals surface area contributed by atoms with E-state index in [0.717, 1.165) is 23.3 Å². The van der Waals surface area contributed by atoms with Crippen molar-refractivity contribution in [2.45, 2.75) is 54.0 Å². The number of carbonyl (C=O) groups is 3. The summed E-state index contributed by atoms with van der Waals surface area (Å²) in [6, 6.07) is 7.75. The molecule has 0 radical (unpaired) electrons. The SMILES string of the molecule is CCOC(=O)c1sc(N2C(=O)C(=O)C(=C(O)c3nc4c(C)cccn4c3C)C2c2ccc(OCCC(C)C)c(OC)c2)nc1C. The van der Waals surface area contributed by atoms with E-state index < -0.39 is 29.5 Å². The number of aryl methyl sites for hydroxylation is 3. The zero-order chi connectivity index (χ0) is 32.6. The molecule has 0 bridgehead atoms. The van der Waals surface area contributed by atoms with Crippen LogP contribution in [0, 0.1) is 26.7 Å². The van der Waals surface area contributed by atoms with Gasteiger partial charge >= 0.3 is 11.9 Å². The highest BCUT2D eigenvalue weighted by molar-refractivity contribution is 7.17. The van der Waals surface area contributed by atoms with Gasteiger partial charge in [-0.15, -0.1) is 0 Å². The van der Waals surface area contributed by atoms with Crippen molar-refractivity contribution < 1.29 is 33.7 Å². The number of pyridine rings is 1. The van der Waals surface area contributed by atoms with E-state index in [-0.39, 0.29) is 27.9 Å². The molecule has 1 aromatic carbocycles. The fraction of sp³-hybridized carbons (Fsp3) is 0.364. The first-order valence-electron chi connectivity index (χ1n) is 14.7. The lowest BCUT2D eigenvalue weighted by molar-refractivity contribution is -0.132. The van der Waals surface area contributed by atoms with Crippen LogP contribution in [-0.2, 0) is 14.3 Å². The number of ether oxygens (including phenoxy) is 3. The Morgan fingerprint density at radius 3 is 2.53 bits per heavy atom. The predicted octanol–water partition coefficient (Wildman–Crippen LogP) is 5.95. The highest BCUT2D eigenvalue weighted by Gasteiger charge is 2.49. The van der Waals surface area contributed by atoms with Gasteiger partial charge in [0, 0.05) is 6.20 Å². The minimum Gasteiger partial charge on any atom is -0.505 e. The number of hydrogen-bond donors (Lipinski definition) is 1. The first kappa shape index (κ1) is 31.7. The number of amides is 1. The summed E-state index contributed by atoms with van der Waals surface area (Å²) in [5, 5.41) is 11.9. The lowest BCUT2D eigenvalue weighted by Gasteiger charge is -2.24. The van der Waals surface area contributed by atoms with Crippen molar-refractivity contribution in [1.29, 1.82) is 0 Å². The number of esters is 1. The molecule has 1 unspecified atom stereocenters. The van der Waals surface area contributed by atoms with Gasteiger partial charge in [0.2, 0.25) is 0 Å². The highest BCUT2D eigenvalue weighted by Crippen LogP contribution is 2.46. The van der Waals surface area contributed by atoms with Crippen LogP contribution in [0.2, 0.25) is 0 Å². The molecule has 0 aliphatic carbocycles. The van der Waals surface area contributed by atoms with Gasteiger partial charge in [-0.2, -0.15) is 0 Å². The molecule has 1 amide bonds. The maximum Gasteiger partial charge on any atom is 0.350 e. The van der Waals surface area contributed by atoms with Gasteiger partial charge in [-0.25, -0.2) is 14.8 Å². The van der Waals surface area contributed by atoms with E-state index in [2.05, 4.69) is 23.8 Å². The number of ketones is 1. The zero-order valence-corrected chi connectivity index (χ0v) is 27.2. The topological polar surface area (TPSA) is 133 Å². The Morgan fingerprint density at radius 1 is 1.11 bits per heavy atom. The largest absolute Gasteiger partial charge is 0.505 e. The molecular weight excluding hydrogens is 596 g/mol. The summed E-state index contributed by atoms with van der Waals surface area (Å²) in [7, 11) is 1.50. The molecule has 1 aliphatic rings. The van der Waals surface area contributed by atoms with Crippen molar-refractivity contribution in [3.05, 3.63) is 75.2 Å². The first-order chi connectivity index (χ1) is 21.5. The number of nitrogens with zero attached hydrogens (tertiary/aromatic N) is 4. The third kappa shape index (κ3) is 5.77. The quantitative estimate of drug-likeness (QED) is 0.0974. The van der Waals surface area contributed by atoms with Crippen LogP contribution in [0.1, 0.15) is 71.1 Å². The number of rotatable bonds is 10. The molecule has 0 spiro atoms. The number of benzene rings is 1. The van der Waals surface area contributed by atoms with Crippen molar-refractivity contribution in [2.24, 2.45) is 5.92 Å². The van der Waals surface area contributed by atoms with Crippen molar-refractivity contribution in [2.75, 3.05) is 25.2 Å². The highest BCUT2D eigenvalue weighted by atomic mass is 32.1. The minimum absolute atomic E-state index is 0.112. The third-order valence-corrected chi connectivity index (χ3v) is 8.80. The van der Waals surface area contributed by atoms with E-state index in [9.17, 15) is 19.5 Å². The van der Waals surface area contributed by atoms with Crippen LogP contribution in [0.3, 0.4) is 0 Å². The van der Waals surface area contributed by atoms with Gasteiger partial charge in [-0.05, 0) is 69.4 Å². The van der Waals surface area contributed by atoms with E-state index in [4.69, 9.17) is 14.2 Å². The molecule has 45 heavy (non-hydrogen) atoms. The smallest absolute Gasteiger partial charge is 0.350 e. The van der Waals surface area contributed by atoms with Gasteiger partial charge in [0.15, 0.2) is 22.4 Å². The van der Waals surface area contributed by atoms with Crippen LogP contribution in [0.25, 0.3) is 11.4 Å². The fourth-order valence-electron chi connectivity index (χ4n) is 5.27. The maximum atomic E-state index is 13.8. The number of thiazole rings is 1. The molecular formula is C33H36N4O7S. The van der Waals surface area contributed by atoms with Crippen LogP contribution < -0.4 is 14.4 Å². The molecule has 5 rings (SSSR count). The van der Waals surface area contributed by atoms with Gasteiger partial charge in [0.25, 0.3) is 5.78 Å². The van der Waals surface area contributed by atoms with Crippen molar-refractivity contribution >= 4 is 45.5 Å². The molecule has 236 valence electrons. The van der Waals surface area contributed by atoms with Crippen LogP contribution >= 0.6 is 11.3 Å². The Morgan fingerprint density at radius 2 is 1.87 bits per heavy atom. The lowest BCUT2D eigenvalue weighted by atomic mass is 9.96. The van der Waals surface area contributed by atoms with Gasteiger partial charge in [-0.3, -0.25) is 14.5 Å². The number of aromatic nitrogens is 3. The lowest BCUT2D eigenvalue weighted by Crippen LogP contribution is -2.29. The second kappa shape index (κ2) is 12.7. The van der Waals surface area contributed by atoms with E-state index in [1.165, 1.54) is 12.0 Å². The second-order valence-electron chi connectivity index (χ2n) is 11.2. The molecule has 1 saturated heterocycles. The molecule has 1 atom stereocenters. The summed E-state index contributed by atoms with van der Waals surface area (Å²) in [6.07, 6.45) is 2.66. The number of fused-ring (bicyclic) bond motifs is 1. The summed E-state index contributed by atoms with van der Waals surface area (Å²) >= 11 is 0.942. The molecule has 0 saturated carbocycles. The second-order valence-corrected chi connectivity index (χ2v) is 12.1. The van der Waals surface area contributed by atoms with Gasteiger partial charge in [0.05, 0.1) is 43.3 Å². The van der Waals surface area contributed by atoms with Crippen molar-refractivity contribution in [1.82, 2.24) is 14.4 Å². The summed E-state index contributed by atoms with van der Waals surface area (Å²) < 4.78 is 18.6. The third-order valence-electron chi connectivity index (χ3n) is 7.66. The fourth-order valence-corrected chi connectivity index (χ4v) is 6.26. The number of anilines is 1. The summed E-state index contributed by atoms with van der Waals surface area (Å²) in [4.78, 5) is 50.8. The van der Waals surface area contributed by atoms with Crippen LogP contribution in [-0.4, -0.2) is 57.5 Å². The number of hydrogen-bond acceptors (Lipinski definition) is 10. The molecule has 1 N–H and O–H groups in total. The minimum atomic E-state index is -1.12. The molecule has 11 nitrogen and oxygen atoms in total. The number of imidazole rings is 1. The zero-order valence-electron chi connectivity index (χ0n) is 26.3. The van der Waals surface area contributed by atoms with Crippen LogP contribution in [0.15, 0.2) is 42.1 Å². The van der Waals surface area contributed by atoms with Gasteiger partial charge in [0.1, 0.15) is 16.2 Å². The normalized spacial score (nSPS) is 16.2. The first-order valence-corrected chi connectivity index (χ1v) is 15.5. The monoisotopic (exact) mass is 632 g/mol. The van der Waals surface area contributed by atoms with Crippen LogP contribution in [0.4, 0.5) is 5.13 Å². The average molecular weight is 633 g/mol. The summed E-state index contributed by atoms with van der Waals surface area (Å²) in [6.45, 7) is 11.9. The van der Waals surface area contributed by atoms with E-state index in [1.54, 1.807) is 39.0 Å². The number of carbonyl (C=O) groups excluding carboxylic acids is 3. The van der Waals surface area contributed by atoms with Crippen LogP contribution in [0.5, 0.6) is 11.5 Å². The standard InChI is InChI=1S/C33H36N4O7S/c1-8-43-32(41)29-19(5)34-33(45-29)37-26(21-11-12-22(23(16-21)42-7)44-15-13-17(2)3)24(28(39)31(37)40)27(38)25-20(6)36-14-9-10-18(4)30(36)35-25/h9-12,14,16-17,26,38H,8,13,15H2,1-7H3. The van der Waals surface area contributed by atoms with E-state index >= 15 is 0 Å². The Bertz CT molecular complexity index is 1840. The Kier molecular flexibility index (Phi) is 8.96. The maximum absolute atomic E-state index is 13.8. The Labute approximate surface area is 265 Å². The molecule has 1 aliphatic heterocycles. The van der Waals surface area contributed by atoms with Crippen molar-refractivity contribution in [3.63, 3.8) is 0 Å². The average Bonchev–Trinajstić information content (AvgIpc) is 3.64. The number of Topliss-reactive ketones (excluding diaryl/α,β-unsaturated/α-hetero) is 1. The number of aliphatic hydroxyl groups excluding tert-OH is 1. The molecule has 1 fully saturated rings.